The van der Waals surface area contributed by atoms with Gasteiger partial charge in [-0.25, -0.2) is 0 Å². The smallest absolute Gasteiger partial charge is 0.0681 e. The molecule has 0 aliphatic heterocycles. The third-order valence-electron chi connectivity index (χ3n) is 4.23. The van der Waals surface area contributed by atoms with Gasteiger partial charge in [0, 0.05) is 23.8 Å². The van der Waals surface area contributed by atoms with E-state index < -0.39 is 0 Å². The quantitative estimate of drug-likeness (QED) is 0.845. The normalized spacial score (nSPS) is 14.1. The van der Waals surface area contributed by atoms with E-state index in [2.05, 4.69) is 29.2 Å². The van der Waals surface area contributed by atoms with Gasteiger partial charge < -0.3 is 10.0 Å². The van der Waals surface area contributed by atoms with Crippen LogP contribution in [0.15, 0.2) is 42.5 Å². The van der Waals surface area contributed by atoms with Crippen LogP contribution in [0.3, 0.4) is 0 Å². The van der Waals surface area contributed by atoms with E-state index in [0.29, 0.717) is 0 Å². The van der Waals surface area contributed by atoms with Gasteiger partial charge in [-0.2, -0.15) is 0 Å². The molecular formula is C19H22ClNO. The van der Waals surface area contributed by atoms with E-state index in [0.717, 1.165) is 35.2 Å². The number of halogens is 1. The average Bonchev–Trinajstić information content (AvgIpc) is 3.34. The highest BCUT2D eigenvalue weighted by Gasteiger charge is 2.24. The molecule has 0 saturated heterocycles. The topological polar surface area (TPSA) is 23.5 Å². The molecule has 2 aromatic rings. The summed E-state index contributed by atoms with van der Waals surface area (Å²) in [6.45, 7) is 4.10. The molecule has 0 radical (unpaired) electrons. The van der Waals surface area contributed by atoms with Crippen LogP contribution < -0.4 is 4.90 Å². The van der Waals surface area contributed by atoms with Gasteiger partial charge in [0.05, 0.1) is 6.61 Å². The number of benzene rings is 2. The van der Waals surface area contributed by atoms with Crippen LogP contribution in [0.5, 0.6) is 0 Å². The van der Waals surface area contributed by atoms with Crippen molar-refractivity contribution in [1.82, 2.24) is 0 Å². The van der Waals surface area contributed by atoms with Crippen molar-refractivity contribution in [3.05, 3.63) is 64.2 Å². The molecule has 1 saturated carbocycles. The zero-order valence-corrected chi connectivity index (χ0v) is 13.7. The number of nitrogens with zero attached hydrogens (tertiary/aromatic N) is 1. The summed E-state index contributed by atoms with van der Waals surface area (Å²) in [5.41, 5.74) is 4.54. The van der Waals surface area contributed by atoms with E-state index in [1.165, 1.54) is 24.1 Å². The zero-order chi connectivity index (χ0) is 15.5. The fraction of sp³-hybridized carbons (Fsp3) is 0.368. The number of aryl methyl sites for hydroxylation is 1. The molecule has 2 nitrogen and oxygen atoms in total. The molecule has 0 heterocycles. The highest BCUT2D eigenvalue weighted by molar-refractivity contribution is 6.31. The van der Waals surface area contributed by atoms with Crippen molar-refractivity contribution in [3.8, 4) is 0 Å². The highest BCUT2D eigenvalue weighted by Crippen LogP contribution is 2.33. The number of aliphatic hydroxyl groups is 1. The zero-order valence-electron chi connectivity index (χ0n) is 12.9. The Balaban J connectivity index is 1.83. The van der Waals surface area contributed by atoms with E-state index in [1.54, 1.807) is 0 Å². The van der Waals surface area contributed by atoms with Crippen LogP contribution in [0.4, 0.5) is 5.69 Å². The standard InChI is InChI=1S/C19H22ClNO/c1-14-9-18(7-8-19(14)20)21(11-15-5-6-15)12-16-3-2-4-17(10-16)13-22/h2-4,7-10,15,22H,5-6,11-13H2,1H3. The van der Waals surface area contributed by atoms with Crippen molar-refractivity contribution < 1.29 is 5.11 Å². The summed E-state index contributed by atoms with van der Waals surface area (Å²) in [4.78, 5) is 2.43. The van der Waals surface area contributed by atoms with Gasteiger partial charge >= 0.3 is 0 Å². The number of hydrogen-bond acceptors (Lipinski definition) is 2. The molecule has 2 aromatic carbocycles. The summed E-state index contributed by atoms with van der Waals surface area (Å²) in [6, 6.07) is 14.4. The largest absolute Gasteiger partial charge is 0.392 e. The fourth-order valence-corrected chi connectivity index (χ4v) is 2.86. The predicted molar refractivity (Wildman–Crippen MR) is 92.3 cm³/mol. The molecule has 1 fully saturated rings. The number of aliphatic hydroxyl groups excluding tert-OH is 1. The number of anilines is 1. The van der Waals surface area contributed by atoms with Crippen LogP contribution in [-0.2, 0) is 13.2 Å². The van der Waals surface area contributed by atoms with Crippen LogP contribution in [0.2, 0.25) is 5.02 Å². The summed E-state index contributed by atoms with van der Waals surface area (Å²) in [6.07, 6.45) is 2.67. The Morgan fingerprint density at radius 3 is 2.59 bits per heavy atom. The highest BCUT2D eigenvalue weighted by atomic mass is 35.5. The van der Waals surface area contributed by atoms with Gasteiger partial charge in [-0.1, -0.05) is 35.9 Å². The lowest BCUT2D eigenvalue weighted by atomic mass is 10.1. The van der Waals surface area contributed by atoms with Gasteiger partial charge in [-0.3, -0.25) is 0 Å². The molecule has 0 bridgehead atoms. The maximum atomic E-state index is 9.31. The molecular weight excluding hydrogens is 294 g/mol. The summed E-state index contributed by atoms with van der Waals surface area (Å²) in [5, 5.41) is 10.1. The van der Waals surface area contributed by atoms with E-state index >= 15 is 0 Å². The number of hydrogen-bond donors (Lipinski definition) is 1. The second-order valence-electron chi connectivity index (χ2n) is 6.24. The first kappa shape index (κ1) is 15.4. The van der Waals surface area contributed by atoms with Gasteiger partial charge in [0.2, 0.25) is 0 Å². The minimum absolute atomic E-state index is 0.0938. The van der Waals surface area contributed by atoms with Crippen molar-refractivity contribution in [2.75, 3.05) is 11.4 Å². The Morgan fingerprint density at radius 1 is 1.14 bits per heavy atom. The molecule has 1 aliphatic carbocycles. The van der Waals surface area contributed by atoms with Crippen molar-refractivity contribution in [1.29, 1.82) is 0 Å². The molecule has 1 aliphatic rings. The summed E-state index contributed by atoms with van der Waals surface area (Å²) in [5.74, 6) is 0.817. The SMILES string of the molecule is Cc1cc(N(Cc2cccc(CO)c2)CC2CC2)ccc1Cl. The maximum Gasteiger partial charge on any atom is 0.0681 e. The number of rotatable bonds is 6. The minimum atomic E-state index is 0.0938. The van der Waals surface area contributed by atoms with Crippen LogP contribution in [0.25, 0.3) is 0 Å². The average molecular weight is 316 g/mol. The van der Waals surface area contributed by atoms with Gasteiger partial charge in [-0.15, -0.1) is 0 Å². The maximum absolute atomic E-state index is 9.31. The lowest BCUT2D eigenvalue weighted by Crippen LogP contribution is -2.25. The van der Waals surface area contributed by atoms with Gasteiger partial charge in [-0.05, 0) is 60.6 Å². The summed E-state index contributed by atoms with van der Waals surface area (Å²) < 4.78 is 0. The van der Waals surface area contributed by atoms with Crippen molar-refractivity contribution in [2.45, 2.75) is 32.9 Å². The van der Waals surface area contributed by atoms with Crippen molar-refractivity contribution in [2.24, 2.45) is 5.92 Å². The molecule has 0 spiro atoms. The molecule has 22 heavy (non-hydrogen) atoms. The van der Waals surface area contributed by atoms with Gasteiger partial charge in [0.15, 0.2) is 0 Å². The van der Waals surface area contributed by atoms with Crippen LogP contribution >= 0.6 is 11.6 Å². The second-order valence-corrected chi connectivity index (χ2v) is 6.64. The molecule has 0 atom stereocenters. The van der Waals surface area contributed by atoms with E-state index in [1.807, 2.05) is 25.1 Å². The first-order valence-electron chi connectivity index (χ1n) is 7.85. The fourth-order valence-electron chi connectivity index (χ4n) is 2.75. The molecule has 0 aromatic heterocycles. The van der Waals surface area contributed by atoms with Crippen LogP contribution in [-0.4, -0.2) is 11.7 Å². The molecule has 116 valence electrons. The molecule has 3 rings (SSSR count). The third kappa shape index (κ3) is 3.82. The Labute approximate surface area is 137 Å². The van der Waals surface area contributed by atoms with E-state index in [4.69, 9.17) is 11.6 Å². The first-order chi connectivity index (χ1) is 10.7. The second kappa shape index (κ2) is 6.72. The lowest BCUT2D eigenvalue weighted by Gasteiger charge is -2.26. The molecule has 1 N–H and O–H groups in total. The Bertz CT molecular complexity index is 652. The van der Waals surface area contributed by atoms with E-state index in [-0.39, 0.29) is 6.61 Å². The monoisotopic (exact) mass is 315 g/mol. The molecule has 3 heteroatoms. The van der Waals surface area contributed by atoms with Gasteiger partial charge in [0.25, 0.3) is 0 Å². The molecule has 0 unspecified atom stereocenters. The first-order valence-corrected chi connectivity index (χ1v) is 8.23. The van der Waals surface area contributed by atoms with Crippen molar-refractivity contribution in [3.63, 3.8) is 0 Å². The van der Waals surface area contributed by atoms with Gasteiger partial charge in [0.1, 0.15) is 0 Å². The third-order valence-corrected chi connectivity index (χ3v) is 4.65. The predicted octanol–water partition coefficient (Wildman–Crippen LogP) is 4.56. The Kier molecular flexibility index (Phi) is 4.70. The minimum Gasteiger partial charge on any atom is -0.392 e. The van der Waals surface area contributed by atoms with Crippen LogP contribution in [0.1, 0.15) is 29.5 Å². The summed E-state index contributed by atoms with van der Waals surface area (Å²) in [7, 11) is 0. The lowest BCUT2D eigenvalue weighted by molar-refractivity contribution is 0.281. The Hall–Kier alpha value is -1.51. The van der Waals surface area contributed by atoms with Crippen molar-refractivity contribution >= 4 is 17.3 Å². The summed E-state index contributed by atoms with van der Waals surface area (Å²) >= 11 is 6.16. The van der Waals surface area contributed by atoms with E-state index in [9.17, 15) is 5.11 Å². The van der Waals surface area contributed by atoms with Crippen LogP contribution in [0, 0.1) is 12.8 Å². The Morgan fingerprint density at radius 2 is 1.91 bits per heavy atom. The molecule has 0 amide bonds.